The average molecular weight is 1040 g/mol. The normalized spacial score (nSPS) is 15.4. The summed E-state index contributed by atoms with van der Waals surface area (Å²) in [5.41, 5.74) is 30.3. The van der Waals surface area contributed by atoms with E-state index in [1.165, 1.54) is 112 Å². The van der Waals surface area contributed by atoms with Crippen LogP contribution in [-0.4, -0.2) is 6.71 Å². The monoisotopic (exact) mass is 1040 g/mol. The highest BCUT2D eigenvalue weighted by Gasteiger charge is 2.47. The molecule has 80 heavy (non-hydrogen) atoms. The molecular formula is C76H78BN3. The zero-order valence-corrected chi connectivity index (χ0v) is 50.2. The van der Waals surface area contributed by atoms with Gasteiger partial charge in [0.2, 0.25) is 0 Å². The van der Waals surface area contributed by atoms with E-state index < -0.39 is 0 Å². The second-order valence-corrected chi connectivity index (χ2v) is 28.8. The molecule has 0 unspecified atom stereocenters. The van der Waals surface area contributed by atoms with Gasteiger partial charge in [0.25, 0.3) is 6.71 Å². The third-order valence-corrected chi connectivity index (χ3v) is 18.7. The molecule has 0 aromatic heterocycles. The molecule has 2 aliphatic heterocycles. The van der Waals surface area contributed by atoms with Gasteiger partial charge >= 0.3 is 0 Å². The Morgan fingerprint density at radius 1 is 0.325 bits per heavy atom. The van der Waals surface area contributed by atoms with Crippen molar-refractivity contribution in [2.24, 2.45) is 0 Å². The van der Waals surface area contributed by atoms with Crippen LogP contribution < -0.4 is 31.1 Å². The summed E-state index contributed by atoms with van der Waals surface area (Å²) in [5.74, 6) is 0. The summed E-state index contributed by atoms with van der Waals surface area (Å²) in [4.78, 5) is 7.77. The van der Waals surface area contributed by atoms with Crippen molar-refractivity contribution in [1.82, 2.24) is 0 Å². The van der Waals surface area contributed by atoms with Gasteiger partial charge in [0, 0.05) is 62.0 Å². The first-order valence-electron chi connectivity index (χ1n) is 29.3. The number of rotatable bonds is 5. The summed E-state index contributed by atoms with van der Waals surface area (Å²) in [6, 6.07) is 71.3. The first-order chi connectivity index (χ1) is 37.7. The SMILES string of the molecule is CC(C)(C)c1ccc(N(c2ccc(C(C)(C)C)cc2)c2ccc3c(c2)N(c2ccc(C(C)(C)C)cc2)c2cc(C(C)(C)C)cc4c2B3c2cc3c(cc2N4c2ccc4c(c2)C(C)(C)c2ccccc2-4)C(C)(C)c2ccccc2-3)cc1. The van der Waals surface area contributed by atoms with Gasteiger partial charge in [-0.05, 0) is 184 Å². The maximum Gasteiger partial charge on any atom is 0.252 e. The summed E-state index contributed by atoms with van der Waals surface area (Å²) in [6.07, 6.45) is 0. The molecule has 2 aliphatic carbocycles. The van der Waals surface area contributed by atoms with E-state index in [-0.39, 0.29) is 39.2 Å². The highest BCUT2D eigenvalue weighted by Crippen LogP contribution is 2.55. The van der Waals surface area contributed by atoms with Crippen LogP contribution >= 0.6 is 0 Å². The summed E-state index contributed by atoms with van der Waals surface area (Å²) < 4.78 is 0. The molecule has 0 bridgehead atoms. The zero-order valence-electron chi connectivity index (χ0n) is 50.2. The fraction of sp³-hybridized carbons (Fsp3) is 0.289. The lowest BCUT2D eigenvalue weighted by Gasteiger charge is -2.46. The zero-order chi connectivity index (χ0) is 56.4. The number of anilines is 9. The van der Waals surface area contributed by atoms with Gasteiger partial charge in [-0.3, -0.25) is 0 Å². The smallest absolute Gasteiger partial charge is 0.252 e. The highest BCUT2D eigenvalue weighted by atomic mass is 15.2. The Morgan fingerprint density at radius 2 is 0.738 bits per heavy atom. The van der Waals surface area contributed by atoms with Crippen LogP contribution in [-0.2, 0) is 32.5 Å². The van der Waals surface area contributed by atoms with Crippen LogP contribution in [0.3, 0.4) is 0 Å². The molecule has 0 fully saturated rings. The van der Waals surface area contributed by atoms with Gasteiger partial charge in [-0.1, -0.05) is 214 Å². The van der Waals surface area contributed by atoms with E-state index in [4.69, 9.17) is 0 Å². The van der Waals surface area contributed by atoms with Crippen LogP contribution in [0.4, 0.5) is 51.2 Å². The molecule has 0 radical (unpaired) electrons. The molecule has 3 nitrogen and oxygen atoms in total. The lowest BCUT2D eigenvalue weighted by molar-refractivity contribution is 0.590. The minimum atomic E-state index is -0.193. The van der Waals surface area contributed by atoms with Gasteiger partial charge in [-0.25, -0.2) is 0 Å². The third kappa shape index (κ3) is 7.97. The number of fused-ring (bicyclic) bond motifs is 10. The summed E-state index contributed by atoms with van der Waals surface area (Å²) >= 11 is 0. The highest BCUT2D eigenvalue weighted by molar-refractivity contribution is 7.00. The molecule has 0 saturated carbocycles. The Balaban J connectivity index is 1.12. The molecule has 0 spiro atoms. The van der Waals surface area contributed by atoms with E-state index >= 15 is 0 Å². The molecule has 4 heteroatoms. The Hall–Kier alpha value is -7.56. The van der Waals surface area contributed by atoms with Gasteiger partial charge in [-0.15, -0.1) is 0 Å². The topological polar surface area (TPSA) is 9.72 Å². The quantitative estimate of drug-likeness (QED) is 0.159. The van der Waals surface area contributed by atoms with Crippen molar-refractivity contribution in [2.45, 2.75) is 143 Å². The Labute approximate surface area is 478 Å². The van der Waals surface area contributed by atoms with E-state index in [0.29, 0.717) is 0 Å². The van der Waals surface area contributed by atoms with Crippen molar-refractivity contribution in [2.75, 3.05) is 14.7 Å². The molecule has 0 atom stereocenters. The molecular weight excluding hydrogens is 966 g/mol. The lowest BCUT2D eigenvalue weighted by Crippen LogP contribution is -2.61. The van der Waals surface area contributed by atoms with Gasteiger partial charge in [0.1, 0.15) is 0 Å². The van der Waals surface area contributed by atoms with E-state index in [1.54, 1.807) is 0 Å². The number of hydrogen-bond acceptors (Lipinski definition) is 3. The summed E-state index contributed by atoms with van der Waals surface area (Å²) in [7, 11) is 0. The van der Waals surface area contributed by atoms with Gasteiger partial charge < -0.3 is 14.7 Å². The minimum Gasteiger partial charge on any atom is -0.311 e. The average Bonchev–Trinajstić information content (AvgIpc) is 3.96. The Morgan fingerprint density at radius 3 is 1.25 bits per heavy atom. The van der Waals surface area contributed by atoms with E-state index in [0.717, 1.165) is 22.7 Å². The molecule has 9 aromatic carbocycles. The summed E-state index contributed by atoms with van der Waals surface area (Å²) in [6.45, 7) is 37.5. The van der Waals surface area contributed by atoms with Crippen LogP contribution in [0.1, 0.15) is 155 Å². The molecule has 0 N–H and O–H groups in total. The third-order valence-electron chi connectivity index (χ3n) is 18.7. The Bertz CT molecular complexity index is 3920. The van der Waals surface area contributed by atoms with Crippen LogP contribution in [0.5, 0.6) is 0 Å². The second kappa shape index (κ2) is 17.5. The van der Waals surface area contributed by atoms with Crippen LogP contribution in [0.25, 0.3) is 22.3 Å². The standard InChI is InChI=1S/C76H78BN3/c1-71(2,3)47-25-31-51(32-26-47)78(52-33-27-48(28-34-52)72(4,5)6)55-38-40-64-66(44-55)79(53-35-29-49(30-36-53)73(7,8)9)68-41-50(74(10,11)12)42-69-70(68)77(64)65-45-59-57-22-18-20-24-61(57)76(15,16)63(59)46-67(65)80(69)54-37-39-58-56-21-17-19-23-60(56)75(13,14)62(58)43-54/h17-46H,1-16H3. The van der Waals surface area contributed by atoms with Crippen LogP contribution in [0, 0.1) is 0 Å². The largest absolute Gasteiger partial charge is 0.311 e. The van der Waals surface area contributed by atoms with Crippen molar-refractivity contribution >= 4 is 74.3 Å². The fourth-order valence-corrected chi connectivity index (χ4v) is 13.9. The van der Waals surface area contributed by atoms with Crippen molar-refractivity contribution < 1.29 is 0 Å². The van der Waals surface area contributed by atoms with Crippen molar-refractivity contribution in [3.8, 4) is 22.3 Å². The van der Waals surface area contributed by atoms with Gasteiger partial charge in [-0.2, -0.15) is 0 Å². The number of nitrogens with zero attached hydrogens (tertiary/aromatic N) is 3. The van der Waals surface area contributed by atoms with Crippen molar-refractivity contribution in [1.29, 1.82) is 0 Å². The molecule has 0 amide bonds. The summed E-state index contributed by atoms with van der Waals surface area (Å²) in [5, 5.41) is 0. The lowest BCUT2D eigenvalue weighted by atomic mass is 9.33. The molecule has 0 saturated heterocycles. The number of benzene rings is 9. The van der Waals surface area contributed by atoms with Crippen molar-refractivity contribution in [3.63, 3.8) is 0 Å². The molecule has 400 valence electrons. The Kier molecular flexibility index (Phi) is 11.3. The number of hydrogen-bond donors (Lipinski definition) is 0. The van der Waals surface area contributed by atoms with Crippen LogP contribution in [0.15, 0.2) is 182 Å². The molecule has 2 heterocycles. The predicted molar refractivity (Wildman–Crippen MR) is 345 cm³/mol. The minimum absolute atomic E-state index is 0.00303. The maximum atomic E-state index is 2.67. The van der Waals surface area contributed by atoms with Crippen molar-refractivity contribution in [3.05, 3.63) is 226 Å². The van der Waals surface area contributed by atoms with E-state index in [1.807, 2.05) is 0 Å². The van der Waals surface area contributed by atoms with Gasteiger partial charge in [0.05, 0.1) is 0 Å². The molecule has 13 rings (SSSR count). The molecule has 4 aliphatic rings. The first-order valence-corrected chi connectivity index (χ1v) is 29.3. The van der Waals surface area contributed by atoms with Crippen LogP contribution in [0.2, 0.25) is 0 Å². The first kappa shape index (κ1) is 51.9. The maximum absolute atomic E-state index is 2.67. The predicted octanol–water partition coefficient (Wildman–Crippen LogP) is 19.0. The van der Waals surface area contributed by atoms with E-state index in [9.17, 15) is 0 Å². The fourth-order valence-electron chi connectivity index (χ4n) is 13.9. The van der Waals surface area contributed by atoms with Gasteiger partial charge in [0.15, 0.2) is 0 Å². The van der Waals surface area contributed by atoms with E-state index in [2.05, 4.69) is 307 Å². The second-order valence-electron chi connectivity index (χ2n) is 28.8. The molecule has 9 aromatic rings.